The van der Waals surface area contributed by atoms with Gasteiger partial charge in [0, 0.05) is 23.9 Å². The maximum Gasteiger partial charge on any atom is 0.314 e. The number of rotatable bonds is 6. The van der Waals surface area contributed by atoms with Gasteiger partial charge in [-0.3, -0.25) is 9.59 Å². The van der Waals surface area contributed by atoms with E-state index in [4.69, 9.17) is 10.5 Å². The third-order valence-electron chi connectivity index (χ3n) is 5.51. The predicted octanol–water partition coefficient (Wildman–Crippen LogP) is 2.38. The number of ether oxygens (including phenoxy) is 1. The molecule has 3 rings (SSSR count). The maximum absolute atomic E-state index is 12.8. The van der Waals surface area contributed by atoms with Gasteiger partial charge in [-0.1, -0.05) is 6.92 Å². The third-order valence-corrected chi connectivity index (χ3v) is 6.23. The molecule has 2 aliphatic heterocycles. The fourth-order valence-corrected chi connectivity index (χ4v) is 4.98. The summed E-state index contributed by atoms with van der Waals surface area (Å²) in [6.07, 6.45) is 4.36. The fraction of sp³-hybridized carbons (Fsp3) is 0.706. The number of carbonyl (C=O) groups is 2. The van der Waals surface area contributed by atoms with E-state index >= 15 is 0 Å². The first-order valence-corrected chi connectivity index (χ1v) is 9.58. The molecule has 6 nitrogen and oxygen atoms in total. The summed E-state index contributed by atoms with van der Waals surface area (Å²) in [5.41, 5.74) is 5.99. The Kier molecular flexibility index (Phi) is 4.80. The smallest absolute Gasteiger partial charge is 0.314 e. The SMILES string of the molecule is CCOC(=O)[C@@]1(CC)C[C@H]2CC[C@@H]1N2C(=O)CCc1csc(N)n1. The third kappa shape index (κ3) is 2.79. The first-order chi connectivity index (χ1) is 11.5. The lowest BCUT2D eigenvalue weighted by atomic mass is 9.72. The number of amides is 1. The van der Waals surface area contributed by atoms with E-state index in [-0.39, 0.29) is 24.0 Å². The molecule has 0 unspecified atom stereocenters. The lowest BCUT2D eigenvalue weighted by Gasteiger charge is -2.34. The summed E-state index contributed by atoms with van der Waals surface area (Å²) in [6, 6.07) is 0.159. The molecule has 0 radical (unpaired) electrons. The van der Waals surface area contributed by atoms with Crippen LogP contribution in [0.2, 0.25) is 0 Å². The van der Waals surface area contributed by atoms with E-state index in [0.29, 0.717) is 24.6 Å². The Morgan fingerprint density at radius 2 is 2.25 bits per heavy atom. The van der Waals surface area contributed by atoms with E-state index in [2.05, 4.69) is 4.98 Å². The lowest BCUT2D eigenvalue weighted by molar-refractivity contribution is -0.158. The monoisotopic (exact) mass is 351 g/mol. The van der Waals surface area contributed by atoms with Gasteiger partial charge in [-0.2, -0.15) is 0 Å². The molecule has 2 N–H and O–H groups in total. The highest BCUT2D eigenvalue weighted by molar-refractivity contribution is 7.13. The Morgan fingerprint density at radius 1 is 1.46 bits per heavy atom. The lowest BCUT2D eigenvalue weighted by Crippen LogP contribution is -2.45. The summed E-state index contributed by atoms with van der Waals surface area (Å²) in [7, 11) is 0. The first kappa shape index (κ1) is 17.2. The van der Waals surface area contributed by atoms with Crippen molar-refractivity contribution < 1.29 is 14.3 Å². The number of nitrogens with two attached hydrogens (primary N) is 1. The van der Waals surface area contributed by atoms with Gasteiger partial charge >= 0.3 is 5.97 Å². The number of aryl methyl sites for hydroxylation is 1. The molecule has 1 amide bonds. The van der Waals surface area contributed by atoms with E-state index in [9.17, 15) is 9.59 Å². The van der Waals surface area contributed by atoms with Gasteiger partial charge in [0.1, 0.15) is 0 Å². The molecule has 2 bridgehead atoms. The highest BCUT2D eigenvalue weighted by atomic mass is 32.1. The van der Waals surface area contributed by atoms with Crippen molar-refractivity contribution in [3.05, 3.63) is 11.1 Å². The van der Waals surface area contributed by atoms with Crippen LogP contribution in [-0.4, -0.2) is 40.5 Å². The van der Waals surface area contributed by atoms with Gasteiger partial charge in [-0.05, 0) is 39.0 Å². The van der Waals surface area contributed by atoms with E-state index < -0.39 is 5.41 Å². The van der Waals surface area contributed by atoms with Crippen molar-refractivity contribution in [3.63, 3.8) is 0 Å². The van der Waals surface area contributed by atoms with Gasteiger partial charge in [0.2, 0.25) is 5.91 Å². The zero-order chi connectivity index (χ0) is 17.3. The molecule has 3 heterocycles. The number of fused-ring (bicyclic) bond motifs is 2. The van der Waals surface area contributed by atoms with Crippen LogP contribution in [0, 0.1) is 5.41 Å². The van der Waals surface area contributed by atoms with Crippen molar-refractivity contribution in [2.75, 3.05) is 12.3 Å². The van der Waals surface area contributed by atoms with Crippen LogP contribution >= 0.6 is 11.3 Å². The Hall–Kier alpha value is -1.63. The van der Waals surface area contributed by atoms with E-state index in [1.807, 2.05) is 24.1 Å². The molecule has 0 aromatic carbocycles. The molecule has 0 spiro atoms. The molecule has 0 aliphatic carbocycles. The number of thiazole rings is 1. The van der Waals surface area contributed by atoms with Crippen LogP contribution < -0.4 is 5.73 Å². The van der Waals surface area contributed by atoms with Gasteiger partial charge in [0.05, 0.1) is 17.7 Å². The van der Waals surface area contributed by atoms with Gasteiger partial charge in [-0.25, -0.2) is 4.98 Å². The molecule has 2 aliphatic rings. The second-order valence-corrected chi connectivity index (χ2v) is 7.55. The van der Waals surface area contributed by atoms with Gasteiger partial charge in [0.25, 0.3) is 0 Å². The van der Waals surface area contributed by atoms with Crippen molar-refractivity contribution in [3.8, 4) is 0 Å². The standard InChI is InChI=1S/C17H25N3O3S/c1-3-17(15(22)23-4-2)9-12-6-7-13(17)20(12)14(21)8-5-11-10-24-16(18)19-11/h10,12-13H,3-9H2,1-2H3,(H2,18,19)/t12-,13+,17+/m1/s1. The van der Waals surface area contributed by atoms with Gasteiger partial charge in [-0.15, -0.1) is 11.3 Å². The molecule has 2 fully saturated rings. The van der Waals surface area contributed by atoms with Crippen LogP contribution in [0.25, 0.3) is 0 Å². The summed E-state index contributed by atoms with van der Waals surface area (Å²) >= 11 is 1.40. The topological polar surface area (TPSA) is 85.5 Å². The largest absolute Gasteiger partial charge is 0.466 e. The minimum atomic E-state index is -0.514. The first-order valence-electron chi connectivity index (χ1n) is 8.70. The van der Waals surface area contributed by atoms with Crippen LogP contribution in [0.1, 0.15) is 51.6 Å². The van der Waals surface area contributed by atoms with Crippen molar-refractivity contribution >= 4 is 28.3 Å². The van der Waals surface area contributed by atoms with E-state index in [1.165, 1.54) is 11.3 Å². The summed E-state index contributed by atoms with van der Waals surface area (Å²) in [4.78, 5) is 31.5. The zero-order valence-electron chi connectivity index (χ0n) is 14.3. The minimum Gasteiger partial charge on any atom is -0.466 e. The van der Waals surface area contributed by atoms with Crippen LogP contribution in [0.15, 0.2) is 5.38 Å². The van der Waals surface area contributed by atoms with E-state index in [1.54, 1.807) is 0 Å². The molecule has 7 heteroatoms. The van der Waals surface area contributed by atoms with Crippen molar-refractivity contribution in [1.82, 2.24) is 9.88 Å². The fourth-order valence-electron chi connectivity index (χ4n) is 4.38. The second-order valence-electron chi connectivity index (χ2n) is 6.66. The number of nitrogens with zero attached hydrogens (tertiary/aromatic N) is 2. The number of nitrogen functional groups attached to an aromatic ring is 1. The highest BCUT2D eigenvalue weighted by Gasteiger charge is 2.60. The Balaban J connectivity index is 1.70. The highest BCUT2D eigenvalue weighted by Crippen LogP contribution is 2.52. The Labute approximate surface area is 146 Å². The van der Waals surface area contributed by atoms with Gasteiger partial charge < -0.3 is 15.4 Å². The number of anilines is 1. The summed E-state index contributed by atoms with van der Waals surface area (Å²) in [5.74, 6) is -0.0153. The van der Waals surface area contributed by atoms with Crippen LogP contribution in [0.4, 0.5) is 5.13 Å². The average molecular weight is 351 g/mol. The number of hydrogen-bond donors (Lipinski definition) is 1. The molecular formula is C17H25N3O3S. The van der Waals surface area contributed by atoms with E-state index in [0.717, 1.165) is 31.4 Å². The maximum atomic E-state index is 12.8. The summed E-state index contributed by atoms with van der Waals surface area (Å²) in [6.45, 7) is 4.24. The molecule has 1 aromatic heterocycles. The Morgan fingerprint density at radius 3 is 2.88 bits per heavy atom. The van der Waals surface area contributed by atoms with Crippen molar-refractivity contribution in [1.29, 1.82) is 0 Å². The normalized spacial score (nSPS) is 28.3. The molecule has 132 valence electrons. The molecule has 1 aromatic rings. The number of carbonyl (C=O) groups excluding carboxylic acids is 2. The van der Waals surface area contributed by atoms with Crippen molar-refractivity contribution in [2.45, 2.75) is 64.5 Å². The second kappa shape index (κ2) is 6.70. The minimum absolute atomic E-state index is 0.0143. The summed E-state index contributed by atoms with van der Waals surface area (Å²) < 4.78 is 5.33. The van der Waals surface area contributed by atoms with Crippen LogP contribution in [-0.2, 0) is 20.7 Å². The Bertz CT molecular complexity index is 632. The average Bonchev–Trinajstić information content (AvgIpc) is 3.26. The van der Waals surface area contributed by atoms with Crippen LogP contribution in [0.3, 0.4) is 0 Å². The van der Waals surface area contributed by atoms with Crippen LogP contribution in [0.5, 0.6) is 0 Å². The number of esters is 1. The quantitative estimate of drug-likeness (QED) is 0.795. The van der Waals surface area contributed by atoms with Gasteiger partial charge in [0.15, 0.2) is 5.13 Å². The number of hydrogen-bond acceptors (Lipinski definition) is 6. The molecule has 24 heavy (non-hydrogen) atoms. The molecule has 0 saturated carbocycles. The summed E-state index contributed by atoms with van der Waals surface area (Å²) in [5, 5.41) is 2.43. The molecule has 2 saturated heterocycles. The number of aromatic nitrogens is 1. The predicted molar refractivity (Wildman–Crippen MR) is 92.5 cm³/mol. The molecular weight excluding hydrogens is 326 g/mol. The zero-order valence-corrected chi connectivity index (χ0v) is 15.1. The molecule has 3 atom stereocenters. The van der Waals surface area contributed by atoms with Crippen molar-refractivity contribution in [2.24, 2.45) is 5.41 Å².